The van der Waals surface area contributed by atoms with E-state index in [1.807, 2.05) is 30.4 Å². The zero-order valence-corrected chi connectivity index (χ0v) is 18.0. The number of aromatic amines is 2. The summed E-state index contributed by atoms with van der Waals surface area (Å²) in [4.78, 5) is 16.7. The van der Waals surface area contributed by atoms with Crippen molar-refractivity contribution in [3.05, 3.63) is 94.0 Å². The van der Waals surface area contributed by atoms with Crippen molar-refractivity contribution in [1.82, 2.24) is 19.9 Å². The molecule has 31 heavy (non-hydrogen) atoms. The Labute approximate surface area is 187 Å². The lowest BCUT2D eigenvalue weighted by atomic mass is 10.0. The predicted octanol–water partition coefficient (Wildman–Crippen LogP) is 7.09. The van der Waals surface area contributed by atoms with Gasteiger partial charge in [-0.25, -0.2) is 9.97 Å². The van der Waals surface area contributed by atoms with E-state index in [9.17, 15) is 0 Å². The van der Waals surface area contributed by atoms with Crippen LogP contribution in [0.5, 0.6) is 0 Å². The molecule has 5 heterocycles. The summed E-state index contributed by atoms with van der Waals surface area (Å²) >= 11 is 3.72. The van der Waals surface area contributed by atoms with Crippen LogP contribution < -0.4 is 0 Å². The zero-order valence-electron chi connectivity index (χ0n) is 16.4. The molecule has 6 rings (SSSR count). The van der Waals surface area contributed by atoms with Gasteiger partial charge < -0.3 is 9.97 Å². The molecule has 0 amide bonds. The van der Waals surface area contributed by atoms with Gasteiger partial charge >= 0.3 is 0 Å². The summed E-state index contributed by atoms with van der Waals surface area (Å²) in [6.45, 7) is 0. The van der Waals surface area contributed by atoms with E-state index in [1.54, 1.807) is 0 Å². The number of H-pyrrole nitrogens is 2. The molecule has 0 spiro atoms. The number of nitrogens with zero attached hydrogens (tertiary/aromatic N) is 2. The zero-order chi connectivity index (χ0) is 20.8. The molecule has 4 aromatic rings. The van der Waals surface area contributed by atoms with E-state index in [-0.39, 0.29) is 0 Å². The van der Waals surface area contributed by atoms with Gasteiger partial charge in [0.1, 0.15) is 0 Å². The lowest BCUT2D eigenvalue weighted by molar-refractivity contribution is 1.25. The first kappa shape index (κ1) is 18.1. The van der Waals surface area contributed by atoms with Gasteiger partial charge in [0.05, 0.1) is 27.2 Å². The van der Waals surface area contributed by atoms with Crippen molar-refractivity contribution in [2.45, 2.75) is 0 Å². The number of nitrogens with one attached hydrogen (secondary N) is 2. The topological polar surface area (TPSA) is 57.4 Å². The van der Waals surface area contributed by atoms with Gasteiger partial charge in [0.15, 0.2) is 0 Å². The molecule has 2 N–H and O–H groups in total. The van der Waals surface area contributed by atoms with E-state index in [2.05, 4.69) is 86.6 Å². The molecule has 0 fully saturated rings. The Morgan fingerprint density at radius 2 is 1.29 bits per heavy atom. The monoisotopic (exact) mass is 464 g/mol. The van der Waals surface area contributed by atoms with Crippen molar-refractivity contribution < 1.29 is 0 Å². The standard InChI is InChI=1S/C26H17BrN4/c27-26-23-11-9-20(30-23)15-18-7-6-17(28-18)14-19-8-10-21(29-19)25(16-4-2-1-3-5-16)22-12-13-24(26)31-22/h1-15,28-29H. The third kappa shape index (κ3) is 3.33. The third-order valence-corrected chi connectivity index (χ3v) is 6.21. The normalized spacial score (nSPS) is 12.4. The van der Waals surface area contributed by atoms with Crippen LogP contribution >= 0.6 is 15.9 Å². The first-order chi connectivity index (χ1) is 15.2. The first-order valence-electron chi connectivity index (χ1n) is 10.0. The molecule has 4 nitrogen and oxygen atoms in total. The molecule has 0 saturated carbocycles. The van der Waals surface area contributed by atoms with E-state index in [1.165, 1.54) is 0 Å². The number of hydrogen-bond donors (Lipinski definition) is 2. The first-order valence-corrected chi connectivity index (χ1v) is 10.8. The van der Waals surface area contributed by atoms with Gasteiger partial charge in [0, 0.05) is 27.6 Å². The molecule has 5 heteroatoms. The second kappa shape index (κ2) is 7.22. The number of halogens is 1. The summed E-state index contributed by atoms with van der Waals surface area (Å²) in [5.74, 6) is 0. The minimum atomic E-state index is 0.862. The molecule has 148 valence electrons. The van der Waals surface area contributed by atoms with Crippen LogP contribution in [-0.2, 0) is 0 Å². The second-order valence-electron chi connectivity index (χ2n) is 7.51. The molecule has 0 aliphatic carbocycles. The summed E-state index contributed by atoms with van der Waals surface area (Å²) in [5, 5.41) is 0. The van der Waals surface area contributed by atoms with Crippen LogP contribution in [0.2, 0.25) is 0 Å². The van der Waals surface area contributed by atoms with Gasteiger partial charge in [-0.05, 0) is 82.2 Å². The molecule has 3 aromatic heterocycles. The number of benzene rings is 1. The fourth-order valence-corrected chi connectivity index (χ4v) is 4.39. The van der Waals surface area contributed by atoms with Crippen molar-refractivity contribution in [3.8, 4) is 11.1 Å². The average Bonchev–Trinajstić information content (AvgIpc) is 3.58. The largest absolute Gasteiger partial charge is 0.355 e. The van der Waals surface area contributed by atoms with Crippen molar-refractivity contribution >= 4 is 62.3 Å². The minimum Gasteiger partial charge on any atom is -0.355 e. The molecule has 2 aliphatic rings. The Bertz CT molecular complexity index is 1540. The lowest BCUT2D eigenvalue weighted by Gasteiger charge is -2.03. The molecular formula is C26H17BrN4. The maximum atomic E-state index is 4.95. The summed E-state index contributed by atoms with van der Waals surface area (Å²) in [6.07, 6.45) is 8.12. The Morgan fingerprint density at radius 3 is 2.16 bits per heavy atom. The van der Waals surface area contributed by atoms with Gasteiger partial charge in [-0.1, -0.05) is 30.3 Å². The number of hydrogen-bond acceptors (Lipinski definition) is 2. The van der Waals surface area contributed by atoms with Crippen molar-refractivity contribution in [2.75, 3.05) is 0 Å². The molecule has 0 atom stereocenters. The average molecular weight is 465 g/mol. The molecule has 1 aromatic carbocycles. The van der Waals surface area contributed by atoms with E-state index in [4.69, 9.17) is 9.97 Å². The summed E-state index contributed by atoms with van der Waals surface area (Å²) in [6, 6.07) is 22.8. The molecular weight excluding hydrogens is 448 g/mol. The highest BCUT2D eigenvalue weighted by Crippen LogP contribution is 2.32. The highest BCUT2D eigenvalue weighted by molar-refractivity contribution is 9.10. The fraction of sp³-hybridized carbons (Fsp3) is 0. The molecule has 0 unspecified atom stereocenters. The van der Waals surface area contributed by atoms with E-state index in [0.29, 0.717) is 0 Å². The van der Waals surface area contributed by atoms with Crippen molar-refractivity contribution in [2.24, 2.45) is 0 Å². The lowest BCUT2D eigenvalue weighted by Crippen LogP contribution is -1.86. The number of fused-ring (bicyclic) bond motifs is 8. The van der Waals surface area contributed by atoms with Crippen LogP contribution in [-0.4, -0.2) is 19.9 Å². The SMILES string of the molecule is Brc1c2nc(cc3ccc(cc4ccc([nH]4)c(-c4ccccc4)c4nc1C=C4)[nH]3)C=C2. The molecule has 0 saturated heterocycles. The van der Waals surface area contributed by atoms with Gasteiger partial charge in [-0.2, -0.15) is 0 Å². The van der Waals surface area contributed by atoms with Gasteiger partial charge in [0.25, 0.3) is 0 Å². The van der Waals surface area contributed by atoms with E-state index in [0.717, 1.165) is 60.4 Å². The summed E-state index contributed by atoms with van der Waals surface area (Å²) in [5.41, 5.74) is 9.81. The fourth-order valence-electron chi connectivity index (χ4n) is 3.95. The highest BCUT2D eigenvalue weighted by atomic mass is 79.9. The van der Waals surface area contributed by atoms with Gasteiger partial charge in [-0.15, -0.1) is 0 Å². The third-order valence-electron chi connectivity index (χ3n) is 5.39. The van der Waals surface area contributed by atoms with E-state index < -0.39 is 0 Å². The van der Waals surface area contributed by atoms with Gasteiger partial charge in [0.2, 0.25) is 0 Å². The summed E-state index contributed by atoms with van der Waals surface area (Å²) < 4.78 is 0.880. The Kier molecular flexibility index (Phi) is 4.21. The minimum absolute atomic E-state index is 0.862. The molecule has 0 radical (unpaired) electrons. The molecule has 8 bridgehead atoms. The van der Waals surface area contributed by atoms with Crippen molar-refractivity contribution in [3.63, 3.8) is 0 Å². The van der Waals surface area contributed by atoms with Crippen LogP contribution in [0.1, 0.15) is 22.8 Å². The smallest absolute Gasteiger partial charge is 0.0801 e. The Hall–Kier alpha value is -3.70. The van der Waals surface area contributed by atoms with Crippen LogP contribution in [0.3, 0.4) is 0 Å². The van der Waals surface area contributed by atoms with Crippen LogP contribution in [0.4, 0.5) is 0 Å². The van der Waals surface area contributed by atoms with Crippen molar-refractivity contribution in [1.29, 1.82) is 0 Å². The predicted molar refractivity (Wildman–Crippen MR) is 132 cm³/mol. The van der Waals surface area contributed by atoms with Crippen LogP contribution in [0.15, 0.2) is 71.2 Å². The Morgan fingerprint density at radius 1 is 0.613 bits per heavy atom. The van der Waals surface area contributed by atoms with Gasteiger partial charge in [-0.3, -0.25) is 0 Å². The van der Waals surface area contributed by atoms with Crippen LogP contribution in [0, 0.1) is 0 Å². The summed E-state index contributed by atoms with van der Waals surface area (Å²) in [7, 11) is 0. The number of rotatable bonds is 1. The number of aromatic nitrogens is 4. The maximum absolute atomic E-state index is 4.95. The van der Waals surface area contributed by atoms with Crippen LogP contribution in [0.25, 0.3) is 57.5 Å². The molecule has 2 aliphatic heterocycles. The van der Waals surface area contributed by atoms with E-state index >= 15 is 0 Å². The Balaban J connectivity index is 1.76. The maximum Gasteiger partial charge on any atom is 0.0801 e. The quantitative estimate of drug-likeness (QED) is 0.273. The highest BCUT2D eigenvalue weighted by Gasteiger charge is 2.13. The second-order valence-corrected chi connectivity index (χ2v) is 8.30.